The molecule has 0 amide bonds. The molecule has 2 aliphatic heterocycles. The van der Waals surface area contributed by atoms with Crippen LogP contribution >= 0.6 is 0 Å². The standard InChI is InChI=1S/C31H39NO8/c1-20(12-14-25(33)39-21(2)32-15-17-37-18-16-32)11-13-23-27(40-29(34)22-9-7-6-8-10-22)26-24(19-38-30(26)35)31(3,4)28(23)36-5/h6-11,21,27H,12-19H2,1-5H3/b20-11+. The van der Waals surface area contributed by atoms with Crippen LogP contribution in [0.25, 0.3) is 0 Å². The lowest BCUT2D eigenvalue weighted by molar-refractivity contribution is -0.161. The van der Waals surface area contributed by atoms with Gasteiger partial charge in [-0.25, -0.2) is 9.59 Å². The van der Waals surface area contributed by atoms with Crippen LogP contribution in [-0.4, -0.2) is 75.2 Å². The van der Waals surface area contributed by atoms with E-state index in [4.69, 9.17) is 23.7 Å². The lowest BCUT2D eigenvalue weighted by Crippen LogP contribution is -2.44. The highest BCUT2D eigenvalue weighted by Crippen LogP contribution is 2.49. The molecule has 1 aromatic rings. The quantitative estimate of drug-likeness (QED) is 0.238. The summed E-state index contributed by atoms with van der Waals surface area (Å²) in [5.74, 6) is -0.652. The number of allylic oxidation sites excluding steroid dienone is 3. The average molecular weight is 554 g/mol. The van der Waals surface area contributed by atoms with E-state index in [2.05, 4.69) is 4.90 Å². The van der Waals surface area contributed by atoms with Crippen LogP contribution in [0.1, 0.15) is 57.3 Å². The number of carbonyl (C=O) groups is 3. The third-order valence-electron chi connectivity index (χ3n) is 7.78. The number of carbonyl (C=O) groups excluding carboxylic acids is 3. The smallest absolute Gasteiger partial charge is 0.339 e. The molecule has 2 unspecified atom stereocenters. The molecule has 9 nitrogen and oxygen atoms in total. The second kappa shape index (κ2) is 12.8. The van der Waals surface area contributed by atoms with E-state index in [0.29, 0.717) is 48.5 Å². The molecule has 0 bridgehead atoms. The van der Waals surface area contributed by atoms with Crippen LogP contribution in [0, 0.1) is 5.41 Å². The van der Waals surface area contributed by atoms with Crippen molar-refractivity contribution in [2.75, 3.05) is 40.0 Å². The fraction of sp³-hybridized carbons (Fsp3) is 0.516. The second-order valence-corrected chi connectivity index (χ2v) is 10.8. The number of nitrogens with zero attached hydrogens (tertiary/aromatic N) is 1. The summed E-state index contributed by atoms with van der Waals surface area (Å²) in [5.41, 5.74) is 2.52. The summed E-state index contributed by atoms with van der Waals surface area (Å²) in [7, 11) is 1.58. The summed E-state index contributed by atoms with van der Waals surface area (Å²) < 4.78 is 28.2. The van der Waals surface area contributed by atoms with Crippen LogP contribution in [0.5, 0.6) is 0 Å². The minimum Gasteiger partial charge on any atom is -0.500 e. The van der Waals surface area contributed by atoms with Gasteiger partial charge in [-0.05, 0) is 58.2 Å². The summed E-state index contributed by atoms with van der Waals surface area (Å²) in [6.45, 7) is 10.6. The van der Waals surface area contributed by atoms with Crippen LogP contribution in [0.15, 0.2) is 64.5 Å². The van der Waals surface area contributed by atoms with Crippen molar-refractivity contribution in [1.82, 2.24) is 4.90 Å². The molecule has 1 aliphatic carbocycles. The first-order chi connectivity index (χ1) is 19.1. The molecule has 40 heavy (non-hydrogen) atoms. The van der Waals surface area contributed by atoms with Gasteiger partial charge in [0.1, 0.15) is 12.4 Å². The maximum absolute atomic E-state index is 13.1. The molecule has 9 heteroatoms. The monoisotopic (exact) mass is 553 g/mol. The predicted octanol–water partition coefficient (Wildman–Crippen LogP) is 4.34. The zero-order valence-electron chi connectivity index (χ0n) is 24.0. The van der Waals surface area contributed by atoms with Gasteiger partial charge in [0.05, 0.1) is 31.5 Å². The average Bonchev–Trinajstić information content (AvgIpc) is 3.35. The van der Waals surface area contributed by atoms with Crippen LogP contribution in [0.4, 0.5) is 0 Å². The summed E-state index contributed by atoms with van der Waals surface area (Å²) in [5, 5.41) is 0. The highest BCUT2D eigenvalue weighted by molar-refractivity contribution is 5.96. The highest BCUT2D eigenvalue weighted by Gasteiger charge is 2.49. The number of rotatable bonds is 10. The second-order valence-electron chi connectivity index (χ2n) is 10.8. The van der Waals surface area contributed by atoms with Gasteiger partial charge in [-0.1, -0.05) is 29.8 Å². The molecule has 216 valence electrons. The Kier molecular flexibility index (Phi) is 9.48. The van der Waals surface area contributed by atoms with Gasteiger partial charge >= 0.3 is 17.9 Å². The van der Waals surface area contributed by atoms with Crippen molar-refractivity contribution in [2.24, 2.45) is 5.41 Å². The van der Waals surface area contributed by atoms with E-state index >= 15 is 0 Å². The zero-order chi connectivity index (χ0) is 28.9. The van der Waals surface area contributed by atoms with Crippen molar-refractivity contribution >= 4 is 17.9 Å². The molecule has 0 radical (unpaired) electrons. The van der Waals surface area contributed by atoms with E-state index in [1.807, 2.05) is 39.8 Å². The van der Waals surface area contributed by atoms with Crippen LogP contribution in [0.2, 0.25) is 0 Å². The first kappa shape index (κ1) is 29.6. The minimum absolute atomic E-state index is 0.126. The van der Waals surface area contributed by atoms with Gasteiger partial charge in [-0.2, -0.15) is 0 Å². The molecule has 3 aliphatic rings. The molecule has 1 fully saturated rings. The Morgan fingerprint density at radius 3 is 2.52 bits per heavy atom. The maximum atomic E-state index is 13.1. The Balaban J connectivity index is 1.50. The molecule has 1 saturated heterocycles. The largest absolute Gasteiger partial charge is 0.500 e. The molecule has 2 heterocycles. The minimum atomic E-state index is -0.941. The van der Waals surface area contributed by atoms with Gasteiger partial charge in [0, 0.05) is 30.5 Å². The molecule has 2 atom stereocenters. The SMILES string of the molecule is COC1=C(C/C=C(\C)CCC(=O)OC(C)N2CCOCC2)C(OC(=O)c2ccccc2)C2=C(COC2=O)C1(C)C. The van der Waals surface area contributed by atoms with E-state index in [1.165, 1.54) is 0 Å². The van der Waals surface area contributed by atoms with Crippen molar-refractivity contribution in [3.63, 3.8) is 0 Å². The van der Waals surface area contributed by atoms with Crippen molar-refractivity contribution in [1.29, 1.82) is 0 Å². The van der Waals surface area contributed by atoms with Gasteiger partial charge in [0.2, 0.25) is 0 Å². The summed E-state index contributed by atoms with van der Waals surface area (Å²) in [4.78, 5) is 40.6. The fourth-order valence-corrected chi connectivity index (χ4v) is 5.45. The number of hydrogen-bond donors (Lipinski definition) is 0. The van der Waals surface area contributed by atoms with Crippen molar-refractivity contribution in [2.45, 2.75) is 59.3 Å². The van der Waals surface area contributed by atoms with Crippen LogP contribution < -0.4 is 0 Å². The Morgan fingerprint density at radius 1 is 1.15 bits per heavy atom. The van der Waals surface area contributed by atoms with Crippen molar-refractivity contribution < 1.29 is 38.1 Å². The number of morpholine rings is 1. The van der Waals surface area contributed by atoms with E-state index in [-0.39, 0.29) is 25.2 Å². The third-order valence-corrected chi connectivity index (χ3v) is 7.78. The number of benzene rings is 1. The molecule has 1 aromatic carbocycles. The van der Waals surface area contributed by atoms with Gasteiger partial charge < -0.3 is 23.7 Å². The Labute approximate surface area is 235 Å². The predicted molar refractivity (Wildman–Crippen MR) is 147 cm³/mol. The number of cyclic esters (lactones) is 1. The number of methoxy groups -OCH3 is 1. The topological polar surface area (TPSA) is 101 Å². The molecule has 0 aromatic heterocycles. The van der Waals surface area contributed by atoms with Crippen LogP contribution in [0.3, 0.4) is 0 Å². The molecule has 0 spiro atoms. The third kappa shape index (κ3) is 6.47. The van der Waals surface area contributed by atoms with E-state index < -0.39 is 23.5 Å². The van der Waals surface area contributed by atoms with Gasteiger partial charge in [-0.3, -0.25) is 9.69 Å². The number of esters is 3. The number of ether oxygens (including phenoxy) is 5. The van der Waals surface area contributed by atoms with Gasteiger partial charge in [-0.15, -0.1) is 0 Å². The lowest BCUT2D eigenvalue weighted by atomic mass is 9.71. The summed E-state index contributed by atoms with van der Waals surface area (Å²) in [6.07, 6.45) is 1.87. The fourth-order valence-electron chi connectivity index (χ4n) is 5.45. The summed E-state index contributed by atoms with van der Waals surface area (Å²) in [6, 6.07) is 8.66. The Hall–Kier alpha value is -3.43. The molecule has 0 saturated carbocycles. The maximum Gasteiger partial charge on any atom is 0.339 e. The lowest BCUT2D eigenvalue weighted by Gasteiger charge is -2.37. The van der Waals surface area contributed by atoms with Gasteiger partial charge in [0.25, 0.3) is 0 Å². The highest BCUT2D eigenvalue weighted by atomic mass is 16.6. The van der Waals surface area contributed by atoms with E-state index in [0.717, 1.165) is 24.2 Å². The first-order valence-electron chi connectivity index (χ1n) is 13.7. The Morgan fingerprint density at radius 2 is 1.85 bits per heavy atom. The molecular formula is C31H39NO8. The van der Waals surface area contributed by atoms with E-state index in [9.17, 15) is 14.4 Å². The molecular weight excluding hydrogens is 514 g/mol. The van der Waals surface area contributed by atoms with Crippen molar-refractivity contribution in [3.05, 3.63) is 70.0 Å². The normalized spacial score (nSPS) is 22.0. The van der Waals surface area contributed by atoms with E-state index in [1.54, 1.807) is 31.4 Å². The summed E-state index contributed by atoms with van der Waals surface area (Å²) >= 11 is 0. The first-order valence-corrected chi connectivity index (χ1v) is 13.7. The molecule has 4 rings (SSSR count). The molecule has 0 N–H and O–H groups in total. The Bertz CT molecular complexity index is 1210. The van der Waals surface area contributed by atoms with Crippen molar-refractivity contribution in [3.8, 4) is 0 Å². The number of hydrogen-bond acceptors (Lipinski definition) is 9. The zero-order valence-corrected chi connectivity index (χ0v) is 24.0. The van der Waals surface area contributed by atoms with Crippen LogP contribution in [-0.2, 0) is 33.3 Å². The van der Waals surface area contributed by atoms with Gasteiger partial charge in [0.15, 0.2) is 12.3 Å².